The molecule has 2 fully saturated rings. The number of hydrogen-bond acceptors (Lipinski definition) is 5. The SMILES string of the molecule is CCCC[C@H](CC(=O)NO)C(=O)N1CC2(CC2)C[C@H]1C(=O)Cc1ccc(F)cn1. The zero-order valence-electron chi connectivity index (χ0n) is 16.7. The predicted molar refractivity (Wildman–Crippen MR) is 102 cm³/mol. The first-order valence-corrected chi connectivity index (χ1v) is 10.2. The number of hydrogen-bond donors (Lipinski definition) is 2. The molecule has 2 heterocycles. The second-order valence-corrected chi connectivity index (χ2v) is 8.38. The van der Waals surface area contributed by atoms with Crippen LogP contribution in [0.5, 0.6) is 0 Å². The van der Waals surface area contributed by atoms with Crippen LogP contribution in [0.1, 0.15) is 57.6 Å². The van der Waals surface area contributed by atoms with Gasteiger partial charge in [0.05, 0.1) is 18.7 Å². The second kappa shape index (κ2) is 8.98. The van der Waals surface area contributed by atoms with Crippen LogP contribution in [0.25, 0.3) is 0 Å². The molecular formula is C21H28FN3O4. The van der Waals surface area contributed by atoms with Gasteiger partial charge in [-0.15, -0.1) is 0 Å². The van der Waals surface area contributed by atoms with Crippen molar-refractivity contribution in [1.82, 2.24) is 15.4 Å². The molecule has 3 rings (SSSR count). The molecule has 2 amide bonds. The van der Waals surface area contributed by atoms with E-state index in [-0.39, 0.29) is 29.9 Å². The lowest BCUT2D eigenvalue weighted by Crippen LogP contribution is -2.45. The van der Waals surface area contributed by atoms with Crippen LogP contribution in [0.3, 0.4) is 0 Å². The van der Waals surface area contributed by atoms with Gasteiger partial charge in [0.2, 0.25) is 11.8 Å². The standard InChI is InChI=1S/C21H28FN3O4/c1-2-3-4-14(9-19(27)24-29)20(28)25-13-21(7-8-21)11-17(25)18(26)10-16-6-5-15(22)12-23-16/h5-6,12,14,17,29H,2-4,7-11,13H2,1H3,(H,24,27)/t14-,17+/m1/s1. The Labute approximate surface area is 169 Å². The smallest absolute Gasteiger partial charge is 0.244 e. The summed E-state index contributed by atoms with van der Waals surface area (Å²) in [5.74, 6) is -1.93. The highest BCUT2D eigenvalue weighted by Crippen LogP contribution is 2.55. The molecule has 1 saturated carbocycles. The number of hydroxylamine groups is 1. The van der Waals surface area contributed by atoms with E-state index in [1.165, 1.54) is 12.1 Å². The van der Waals surface area contributed by atoms with E-state index in [1.54, 1.807) is 10.4 Å². The third-order valence-corrected chi connectivity index (χ3v) is 6.08. The first-order valence-electron chi connectivity index (χ1n) is 10.2. The normalized spacial score (nSPS) is 20.5. The Morgan fingerprint density at radius 2 is 2.14 bits per heavy atom. The fourth-order valence-electron chi connectivity index (χ4n) is 4.19. The van der Waals surface area contributed by atoms with Crippen molar-refractivity contribution in [2.24, 2.45) is 11.3 Å². The highest BCUT2D eigenvalue weighted by Gasteiger charge is 2.55. The molecule has 8 heteroatoms. The molecule has 29 heavy (non-hydrogen) atoms. The molecule has 2 N–H and O–H groups in total. The summed E-state index contributed by atoms with van der Waals surface area (Å²) in [6.45, 7) is 2.53. The third kappa shape index (κ3) is 5.18. The Morgan fingerprint density at radius 3 is 2.72 bits per heavy atom. The van der Waals surface area contributed by atoms with Crippen LogP contribution in [0, 0.1) is 17.2 Å². The van der Waals surface area contributed by atoms with Crippen molar-refractivity contribution >= 4 is 17.6 Å². The number of nitrogens with one attached hydrogen (secondary N) is 1. The molecule has 1 aliphatic carbocycles. The minimum atomic E-state index is -0.599. The minimum absolute atomic E-state index is 0.0146. The minimum Gasteiger partial charge on any atom is -0.332 e. The van der Waals surface area contributed by atoms with Gasteiger partial charge in [-0.1, -0.05) is 19.8 Å². The Kier molecular flexibility index (Phi) is 6.62. The lowest BCUT2D eigenvalue weighted by molar-refractivity contribution is -0.144. The molecule has 0 radical (unpaired) electrons. The first-order chi connectivity index (χ1) is 13.9. The van der Waals surface area contributed by atoms with Crippen molar-refractivity contribution in [2.45, 2.75) is 64.3 Å². The maximum absolute atomic E-state index is 13.3. The number of pyridine rings is 1. The lowest BCUT2D eigenvalue weighted by atomic mass is 9.95. The average molecular weight is 405 g/mol. The van der Waals surface area contributed by atoms with Crippen molar-refractivity contribution in [3.05, 3.63) is 29.8 Å². The molecule has 1 spiro atoms. The van der Waals surface area contributed by atoms with E-state index >= 15 is 0 Å². The van der Waals surface area contributed by atoms with Crippen molar-refractivity contribution in [1.29, 1.82) is 0 Å². The number of aromatic nitrogens is 1. The molecule has 1 aliphatic heterocycles. The zero-order chi connectivity index (χ0) is 21.0. The van der Waals surface area contributed by atoms with Crippen molar-refractivity contribution < 1.29 is 24.0 Å². The number of Topliss-reactive ketones (excluding diaryl/α,β-unsaturated/α-hetero) is 1. The quantitative estimate of drug-likeness (QED) is 0.486. The number of carbonyl (C=O) groups is 3. The Bertz CT molecular complexity index is 764. The van der Waals surface area contributed by atoms with Gasteiger partial charge in [-0.25, -0.2) is 9.87 Å². The van der Waals surface area contributed by atoms with Crippen LogP contribution in [-0.2, 0) is 20.8 Å². The molecule has 1 aromatic rings. The van der Waals surface area contributed by atoms with E-state index in [4.69, 9.17) is 5.21 Å². The summed E-state index contributed by atoms with van der Waals surface area (Å²) in [6, 6.07) is 2.21. The molecule has 7 nitrogen and oxygen atoms in total. The van der Waals surface area contributed by atoms with E-state index in [9.17, 15) is 18.8 Å². The van der Waals surface area contributed by atoms with E-state index in [0.717, 1.165) is 31.9 Å². The number of unbranched alkanes of at least 4 members (excludes halogenated alkanes) is 1. The van der Waals surface area contributed by atoms with Crippen molar-refractivity contribution in [3.8, 4) is 0 Å². The summed E-state index contributed by atoms with van der Waals surface area (Å²) < 4.78 is 13.1. The number of amides is 2. The number of nitrogens with zero attached hydrogens (tertiary/aromatic N) is 2. The summed E-state index contributed by atoms with van der Waals surface area (Å²) in [5.41, 5.74) is 2.09. The maximum Gasteiger partial charge on any atom is 0.244 e. The monoisotopic (exact) mass is 405 g/mol. The molecule has 2 atom stereocenters. The van der Waals surface area contributed by atoms with Gasteiger partial charge in [0, 0.05) is 24.6 Å². The maximum atomic E-state index is 13.3. The predicted octanol–water partition coefficient (Wildman–Crippen LogP) is 2.42. The number of ketones is 1. The summed E-state index contributed by atoms with van der Waals surface area (Å²) in [7, 11) is 0. The summed E-state index contributed by atoms with van der Waals surface area (Å²) in [6.07, 6.45) is 5.84. The zero-order valence-corrected chi connectivity index (χ0v) is 16.7. The fourth-order valence-corrected chi connectivity index (χ4v) is 4.19. The van der Waals surface area contributed by atoms with E-state index < -0.39 is 23.7 Å². The highest BCUT2D eigenvalue weighted by atomic mass is 19.1. The Balaban J connectivity index is 1.74. The van der Waals surface area contributed by atoms with Crippen molar-refractivity contribution in [2.75, 3.05) is 6.54 Å². The van der Waals surface area contributed by atoms with Crippen LogP contribution in [-0.4, -0.2) is 45.3 Å². The van der Waals surface area contributed by atoms with Gasteiger partial charge in [0.15, 0.2) is 5.78 Å². The summed E-state index contributed by atoms with van der Waals surface area (Å²) in [4.78, 5) is 43.6. The number of halogens is 1. The van der Waals surface area contributed by atoms with Crippen LogP contribution in [0.15, 0.2) is 18.3 Å². The van der Waals surface area contributed by atoms with Gasteiger partial charge in [-0.2, -0.15) is 0 Å². The van der Waals surface area contributed by atoms with Crippen LogP contribution in [0.4, 0.5) is 4.39 Å². The number of carbonyl (C=O) groups excluding carboxylic acids is 3. The molecule has 0 aromatic carbocycles. The van der Waals surface area contributed by atoms with Gasteiger partial charge in [-0.05, 0) is 43.2 Å². The molecule has 1 aromatic heterocycles. The second-order valence-electron chi connectivity index (χ2n) is 8.38. The Morgan fingerprint density at radius 1 is 1.38 bits per heavy atom. The largest absolute Gasteiger partial charge is 0.332 e. The van der Waals surface area contributed by atoms with Gasteiger partial charge >= 0.3 is 0 Å². The van der Waals surface area contributed by atoms with Gasteiger partial charge in [0.1, 0.15) is 5.82 Å². The Hall–Kier alpha value is -2.35. The summed E-state index contributed by atoms with van der Waals surface area (Å²) in [5, 5.41) is 8.86. The van der Waals surface area contributed by atoms with Crippen LogP contribution < -0.4 is 5.48 Å². The van der Waals surface area contributed by atoms with E-state index in [2.05, 4.69) is 4.98 Å². The average Bonchev–Trinajstić information content (AvgIpc) is 3.36. The third-order valence-electron chi connectivity index (χ3n) is 6.08. The van der Waals surface area contributed by atoms with Crippen LogP contribution in [0.2, 0.25) is 0 Å². The summed E-state index contributed by atoms with van der Waals surface area (Å²) >= 11 is 0. The topological polar surface area (TPSA) is 99.6 Å². The number of likely N-dealkylation sites (tertiary alicyclic amines) is 1. The highest BCUT2D eigenvalue weighted by molar-refractivity contribution is 5.93. The molecule has 1 saturated heterocycles. The first kappa shape index (κ1) is 21.4. The molecule has 0 bridgehead atoms. The molecule has 158 valence electrons. The molecule has 0 unspecified atom stereocenters. The van der Waals surface area contributed by atoms with E-state index in [0.29, 0.717) is 25.1 Å². The van der Waals surface area contributed by atoms with Crippen LogP contribution >= 0.6 is 0 Å². The lowest BCUT2D eigenvalue weighted by Gasteiger charge is -2.28. The van der Waals surface area contributed by atoms with Gasteiger partial charge in [0.25, 0.3) is 0 Å². The van der Waals surface area contributed by atoms with Crippen molar-refractivity contribution in [3.63, 3.8) is 0 Å². The molecule has 2 aliphatic rings. The van der Waals surface area contributed by atoms with Gasteiger partial charge < -0.3 is 4.90 Å². The van der Waals surface area contributed by atoms with Gasteiger partial charge in [-0.3, -0.25) is 24.6 Å². The number of rotatable bonds is 9. The van der Waals surface area contributed by atoms with E-state index in [1.807, 2.05) is 6.92 Å². The fraction of sp³-hybridized carbons (Fsp3) is 0.619. The molecular weight excluding hydrogens is 377 g/mol.